The van der Waals surface area contributed by atoms with Crippen LogP contribution >= 0.6 is 0 Å². The summed E-state index contributed by atoms with van der Waals surface area (Å²) >= 11 is 0. The first-order valence-electron chi connectivity index (χ1n) is 7.91. The van der Waals surface area contributed by atoms with Crippen LogP contribution in [0, 0.1) is 0 Å². The van der Waals surface area contributed by atoms with Crippen molar-refractivity contribution in [1.82, 2.24) is 0 Å². The van der Waals surface area contributed by atoms with E-state index in [0.717, 1.165) is 0 Å². The maximum absolute atomic E-state index is 2.42. The molecule has 1 aromatic carbocycles. The molecule has 1 aliphatic rings. The van der Waals surface area contributed by atoms with Gasteiger partial charge in [-0.05, 0) is 42.2 Å². The second kappa shape index (κ2) is 6.41. The second-order valence-corrected chi connectivity index (χ2v) is 6.00. The molecule has 1 aromatic rings. The summed E-state index contributed by atoms with van der Waals surface area (Å²) in [5, 5.41) is 0. The van der Waals surface area contributed by atoms with Crippen molar-refractivity contribution in [1.29, 1.82) is 0 Å². The Kier molecular flexibility index (Phi) is 4.86. The Labute approximate surface area is 113 Å². The van der Waals surface area contributed by atoms with Gasteiger partial charge in [-0.25, -0.2) is 0 Å². The summed E-state index contributed by atoms with van der Waals surface area (Å²) in [6, 6.07) is 9.26. The molecule has 1 saturated carbocycles. The van der Waals surface area contributed by atoms with Crippen molar-refractivity contribution in [3.63, 3.8) is 0 Å². The lowest BCUT2D eigenvalue weighted by atomic mass is 9.65. The highest BCUT2D eigenvalue weighted by Crippen LogP contribution is 2.44. The van der Waals surface area contributed by atoms with Crippen molar-refractivity contribution in [2.45, 2.75) is 77.0 Å². The van der Waals surface area contributed by atoms with Crippen LogP contribution in [0.5, 0.6) is 0 Å². The molecule has 0 amide bonds. The molecule has 0 aliphatic heterocycles. The van der Waals surface area contributed by atoms with Crippen molar-refractivity contribution >= 4 is 0 Å². The van der Waals surface area contributed by atoms with Crippen molar-refractivity contribution in [2.24, 2.45) is 0 Å². The molecule has 0 spiro atoms. The van der Waals surface area contributed by atoms with Crippen LogP contribution in [0.2, 0.25) is 0 Å². The molecule has 0 radical (unpaired) electrons. The third-order valence-corrected chi connectivity index (χ3v) is 4.65. The lowest BCUT2D eigenvalue weighted by Crippen LogP contribution is -2.30. The number of rotatable bonds is 5. The van der Waals surface area contributed by atoms with Gasteiger partial charge in [0, 0.05) is 0 Å². The van der Waals surface area contributed by atoms with E-state index in [1.807, 2.05) is 0 Å². The number of aryl methyl sites for hydroxylation is 1. The van der Waals surface area contributed by atoms with Crippen molar-refractivity contribution < 1.29 is 0 Å². The molecule has 100 valence electrons. The molecular formula is C18H28. The van der Waals surface area contributed by atoms with Gasteiger partial charge in [-0.15, -0.1) is 0 Å². The SMILES string of the molecule is CCCc1ccccc1C1(CCC)CCCCC1. The zero-order valence-electron chi connectivity index (χ0n) is 12.2. The van der Waals surface area contributed by atoms with Crippen LogP contribution in [0.15, 0.2) is 24.3 Å². The average molecular weight is 244 g/mol. The summed E-state index contributed by atoms with van der Waals surface area (Å²) in [5.74, 6) is 0. The fourth-order valence-corrected chi connectivity index (χ4v) is 3.89. The van der Waals surface area contributed by atoms with E-state index < -0.39 is 0 Å². The molecule has 0 N–H and O–H groups in total. The molecule has 1 aliphatic carbocycles. The lowest BCUT2D eigenvalue weighted by molar-refractivity contribution is 0.270. The Balaban J connectivity index is 2.34. The molecular weight excluding hydrogens is 216 g/mol. The predicted molar refractivity (Wildman–Crippen MR) is 80.1 cm³/mol. The summed E-state index contributed by atoms with van der Waals surface area (Å²) in [6.07, 6.45) is 12.4. The van der Waals surface area contributed by atoms with Crippen LogP contribution in [0.1, 0.15) is 76.3 Å². The Bertz CT molecular complexity index is 353. The quantitative estimate of drug-likeness (QED) is 0.628. The van der Waals surface area contributed by atoms with Crippen LogP contribution in [0.3, 0.4) is 0 Å². The molecule has 0 atom stereocenters. The Morgan fingerprint density at radius 1 is 0.944 bits per heavy atom. The summed E-state index contributed by atoms with van der Waals surface area (Å²) < 4.78 is 0. The van der Waals surface area contributed by atoms with Crippen LogP contribution in [-0.4, -0.2) is 0 Å². The zero-order valence-corrected chi connectivity index (χ0v) is 12.2. The third-order valence-electron chi connectivity index (χ3n) is 4.65. The largest absolute Gasteiger partial charge is 0.0654 e. The van der Waals surface area contributed by atoms with Gasteiger partial charge in [0.25, 0.3) is 0 Å². The summed E-state index contributed by atoms with van der Waals surface area (Å²) in [7, 11) is 0. The molecule has 0 unspecified atom stereocenters. The van der Waals surface area contributed by atoms with E-state index in [0.29, 0.717) is 5.41 Å². The van der Waals surface area contributed by atoms with E-state index >= 15 is 0 Å². The Morgan fingerprint density at radius 2 is 1.67 bits per heavy atom. The van der Waals surface area contributed by atoms with E-state index in [4.69, 9.17) is 0 Å². The molecule has 0 bridgehead atoms. The molecule has 0 aromatic heterocycles. The molecule has 0 saturated heterocycles. The van der Waals surface area contributed by atoms with Crippen molar-refractivity contribution in [2.75, 3.05) is 0 Å². The maximum Gasteiger partial charge on any atom is -0.00443 e. The first kappa shape index (κ1) is 13.6. The third kappa shape index (κ3) is 2.79. The zero-order chi connectivity index (χ0) is 12.8. The van der Waals surface area contributed by atoms with Crippen molar-refractivity contribution in [3.05, 3.63) is 35.4 Å². The van der Waals surface area contributed by atoms with Gasteiger partial charge in [-0.2, -0.15) is 0 Å². The van der Waals surface area contributed by atoms with Gasteiger partial charge in [-0.3, -0.25) is 0 Å². The highest BCUT2D eigenvalue weighted by Gasteiger charge is 2.34. The van der Waals surface area contributed by atoms with E-state index in [1.54, 1.807) is 11.1 Å². The standard InChI is InChI=1S/C18H28/c1-3-10-16-11-6-7-12-17(16)18(13-4-2)14-8-5-9-15-18/h6-7,11-12H,3-5,8-10,13-15H2,1-2H3. The molecule has 18 heavy (non-hydrogen) atoms. The van der Waals surface area contributed by atoms with Crippen LogP contribution in [-0.2, 0) is 11.8 Å². The normalized spacial score (nSPS) is 18.8. The fourth-order valence-electron chi connectivity index (χ4n) is 3.89. The van der Waals surface area contributed by atoms with Gasteiger partial charge in [0.05, 0.1) is 0 Å². The first-order valence-corrected chi connectivity index (χ1v) is 7.91. The van der Waals surface area contributed by atoms with Gasteiger partial charge in [0.2, 0.25) is 0 Å². The van der Waals surface area contributed by atoms with Crippen LogP contribution < -0.4 is 0 Å². The smallest absolute Gasteiger partial charge is 0.00443 e. The summed E-state index contributed by atoms with van der Waals surface area (Å²) in [5.41, 5.74) is 3.82. The van der Waals surface area contributed by atoms with Crippen LogP contribution in [0.25, 0.3) is 0 Å². The molecule has 0 heterocycles. The van der Waals surface area contributed by atoms with Crippen LogP contribution in [0.4, 0.5) is 0 Å². The minimum absolute atomic E-state index is 0.513. The second-order valence-electron chi connectivity index (χ2n) is 6.00. The molecule has 2 rings (SSSR count). The van der Waals surface area contributed by atoms with E-state index in [1.165, 1.54) is 57.8 Å². The predicted octanol–water partition coefficient (Wildman–Crippen LogP) is 5.64. The lowest BCUT2D eigenvalue weighted by Gasteiger charge is -2.39. The van der Waals surface area contributed by atoms with Gasteiger partial charge < -0.3 is 0 Å². The monoisotopic (exact) mass is 244 g/mol. The maximum atomic E-state index is 2.42. The Hall–Kier alpha value is -0.780. The fraction of sp³-hybridized carbons (Fsp3) is 0.667. The van der Waals surface area contributed by atoms with Gasteiger partial charge in [0.1, 0.15) is 0 Å². The average Bonchev–Trinajstić information content (AvgIpc) is 2.41. The molecule has 0 nitrogen and oxygen atoms in total. The van der Waals surface area contributed by atoms with E-state index in [9.17, 15) is 0 Å². The van der Waals surface area contributed by atoms with Crippen molar-refractivity contribution in [3.8, 4) is 0 Å². The molecule has 1 fully saturated rings. The summed E-state index contributed by atoms with van der Waals surface area (Å²) in [4.78, 5) is 0. The van der Waals surface area contributed by atoms with Gasteiger partial charge >= 0.3 is 0 Å². The van der Waals surface area contributed by atoms with Gasteiger partial charge in [-0.1, -0.05) is 70.2 Å². The Morgan fingerprint density at radius 3 is 2.33 bits per heavy atom. The number of hydrogen-bond donors (Lipinski definition) is 0. The highest BCUT2D eigenvalue weighted by atomic mass is 14.4. The first-order chi connectivity index (χ1) is 8.82. The number of benzene rings is 1. The van der Waals surface area contributed by atoms with E-state index in [2.05, 4.69) is 38.1 Å². The molecule has 0 heteroatoms. The van der Waals surface area contributed by atoms with E-state index in [-0.39, 0.29) is 0 Å². The topological polar surface area (TPSA) is 0 Å². The van der Waals surface area contributed by atoms with Gasteiger partial charge in [0.15, 0.2) is 0 Å². The highest BCUT2D eigenvalue weighted by molar-refractivity contribution is 5.35. The number of hydrogen-bond acceptors (Lipinski definition) is 0. The minimum atomic E-state index is 0.513. The summed E-state index contributed by atoms with van der Waals surface area (Å²) in [6.45, 7) is 4.64. The minimum Gasteiger partial charge on any atom is -0.0654 e.